The Hall–Kier alpha value is -1.24. The van der Waals surface area contributed by atoms with E-state index in [4.69, 9.17) is 10.8 Å². The van der Waals surface area contributed by atoms with Gasteiger partial charge in [-0.3, -0.25) is 14.4 Å². The molecule has 0 bridgehead atoms. The van der Waals surface area contributed by atoms with Crippen molar-refractivity contribution < 1.29 is 19.5 Å². The lowest BCUT2D eigenvalue weighted by Gasteiger charge is -2.09. The third-order valence-electron chi connectivity index (χ3n) is 1.50. The van der Waals surface area contributed by atoms with Crippen molar-refractivity contribution in [3.63, 3.8) is 0 Å². The molecule has 0 saturated heterocycles. The first-order chi connectivity index (χ1) is 6.93. The number of carboxylic acid groups (broad SMARTS) is 1. The van der Waals surface area contributed by atoms with Gasteiger partial charge in [0.2, 0.25) is 11.8 Å². The van der Waals surface area contributed by atoms with E-state index >= 15 is 0 Å². The number of rotatable bonds is 7. The second kappa shape index (κ2) is 7.10. The van der Waals surface area contributed by atoms with Crippen molar-refractivity contribution in [2.24, 2.45) is 5.73 Å². The first-order valence-corrected chi connectivity index (χ1v) is 5.37. The molecule has 2 amide bonds. The topological polar surface area (TPSA) is 109 Å². The Labute approximate surface area is 91.6 Å². The third kappa shape index (κ3) is 7.80. The fourth-order valence-corrected chi connectivity index (χ4v) is 1.63. The molecule has 0 aliphatic heterocycles. The Morgan fingerprint density at radius 1 is 1.47 bits per heavy atom. The first kappa shape index (κ1) is 13.8. The molecule has 0 radical (unpaired) electrons. The third-order valence-corrected chi connectivity index (χ3v) is 2.65. The summed E-state index contributed by atoms with van der Waals surface area (Å²) in [7, 11) is 0. The Morgan fingerprint density at radius 2 is 2.07 bits per heavy atom. The van der Waals surface area contributed by atoms with Gasteiger partial charge in [-0.25, -0.2) is 0 Å². The molecule has 0 spiro atoms. The number of nitrogens with two attached hydrogens (primary N) is 1. The van der Waals surface area contributed by atoms with E-state index in [-0.39, 0.29) is 24.1 Å². The summed E-state index contributed by atoms with van der Waals surface area (Å²) in [5.41, 5.74) is 4.92. The van der Waals surface area contributed by atoms with Gasteiger partial charge in [0, 0.05) is 12.2 Å². The van der Waals surface area contributed by atoms with Gasteiger partial charge in [0.15, 0.2) is 0 Å². The van der Waals surface area contributed by atoms with Gasteiger partial charge in [0.1, 0.15) is 6.54 Å². The van der Waals surface area contributed by atoms with Crippen LogP contribution in [0.3, 0.4) is 0 Å². The van der Waals surface area contributed by atoms with E-state index in [2.05, 4.69) is 5.32 Å². The normalized spacial score (nSPS) is 11.8. The Kier molecular flexibility index (Phi) is 6.52. The van der Waals surface area contributed by atoms with Crippen molar-refractivity contribution in [2.45, 2.75) is 18.6 Å². The number of hydrogen-bond donors (Lipinski definition) is 3. The lowest BCUT2D eigenvalue weighted by Crippen LogP contribution is -2.35. The van der Waals surface area contributed by atoms with Gasteiger partial charge in [-0.15, -0.1) is 11.8 Å². The van der Waals surface area contributed by atoms with Crippen LogP contribution in [0.4, 0.5) is 0 Å². The van der Waals surface area contributed by atoms with Crippen LogP contribution in [-0.2, 0) is 14.4 Å². The first-order valence-electron chi connectivity index (χ1n) is 4.33. The minimum atomic E-state index is -1.09. The van der Waals surface area contributed by atoms with Gasteiger partial charge in [-0.05, 0) is 6.92 Å². The summed E-state index contributed by atoms with van der Waals surface area (Å²) in [5.74, 6) is -1.40. The number of carboxylic acids is 1. The molecule has 0 aromatic heterocycles. The van der Waals surface area contributed by atoms with E-state index < -0.39 is 11.9 Å². The van der Waals surface area contributed by atoms with Crippen molar-refractivity contribution >= 4 is 29.5 Å². The number of primary amides is 1. The summed E-state index contributed by atoms with van der Waals surface area (Å²) < 4.78 is 0. The number of amides is 2. The van der Waals surface area contributed by atoms with E-state index in [1.807, 2.05) is 0 Å². The second-order valence-electron chi connectivity index (χ2n) is 2.84. The largest absolute Gasteiger partial charge is 0.480 e. The van der Waals surface area contributed by atoms with Crippen molar-refractivity contribution in [3.8, 4) is 0 Å². The minimum Gasteiger partial charge on any atom is -0.480 e. The van der Waals surface area contributed by atoms with Crippen LogP contribution in [0.15, 0.2) is 0 Å². The zero-order valence-corrected chi connectivity index (χ0v) is 9.17. The van der Waals surface area contributed by atoms with Crippen LogP contribution in [0.1, 0.15) is 13.3 Å². The molecule has 0 heterocycles. The van der Waals surface area contributed by atoms with Crippen LogP contribution < -0.4 is 11.1 Å². The Balaban J connectivity index is 3.69. The van der Waals surface area contributed by atoms with Crippen LogP contribution >= 0.6 is 11.8 Å². The molecule has 6 nitrogen and oxygen atoms in total. The van der Waals surface area contributed by atoms with Crippen molar-refractivity contribution in [1.82, 2.24) is 5.32 Å². The average molecular weight is 234 g/mol. The van der Waals surface area contributed by atoms with Gasteiger partial charge < -0.3 is 16.2 Å². The number of nitrogens with one attached hydrogen (secondary N) is 1. The van der Waals surface area contributed by atoms with Gasteiger partial charge in [0.25, 0.3) is 0 Å². The molecule has 86 valence electrons. The highest BCUT2D eigenvalue weighted by atomic mass is 32.2. The van der Waals surface area contributed by atoms with E-state index in [1.54, 1.807) is 6.92 Å². The van der Waals surface area contributed by atoms with Crippen LogP contribution in [0.5, 0.6) is 0 Å². The van der Waals surface area contributed by atoms with Gasteiger partial charge >= 0.3 is 5.97 Å². The zero-order chi connectivity index (χ0) is 11.8. The number of carbonyl (C=O) groups is 3. The van der Waals surface area contributed by atoms with E-state index in [9.17, 15) is 14.4 Å². The molecule has 15 heavy (non-hydrogen) atoms. The van der Waals surface area contributed by atoms with Crippen molar-refractivity contribution in [2.75, 3.05) is 12.3 Å². The summed E-state index contributed by atoms with van der Waals surface area (Å²) in [5, 5.41) is 10.2. The van der Waals surface area contributed by atoms with E-state index in [0.29, 0.717) is 5.75 Å². The smallest absolute Gasteiger partial charge is 0.322 e. The number of aliphatic carboxylic acids is 1. The molecule has 1 atom stereocenters. The summed E-state index contributed by atoms with van der Waals surface area (Å²) >= 11 is 1.26. The maximum absolute atomic E-state index is 11.2. The molecule has 0 rings (SSSR count). The monoisotopic (exact) mass is 234 g/mol. The maximum Gasteiger partial charge on any atom is 0.322 e. The SMILES string of the molecule is CC(SCCC(N)=O)C(=O)NCC(=O)O. The van der Waals surface area contributed by atoms with Crippen molar-refractivity contribution in [3.05, 3.63) is 0 Å². The lowest BCUT2D eigenvalue weighted by molar-refractivity contribution is -0.137. The van der Waals surface area contributed by atoms with Gasteiger partial charge in [-0.2, -0.15) is 0 Å². The summed E-state index contributed by atoms with van der Waals surface area (Å²) in [6, 6.07) is 0. The number of carbonyl (C=O) groups excluding carboxylic acids is 2. The highest BCUT2D eigenvalue weighted by Crippen LogP contribution is 2.11. The van der Waals surface area contributed by atoms with E-state index in [1.165, 1.54) is 11.8 Å². The predicted molar refractivity (Wildman–Crippen MR) is 56.4 cm³/mol. The Morgan fingerprint density at radius 3 is 2.53 bits per heavy atom. The van der Waals surface area contributed by atoms with Gasteiger partial charge in [-0.1, -0.05) is 0 Å². The van der Waals surface area contributed by atoms with Crippen LogP contribution in [0, 0.1) is 0 Å². The minimum absolute atomic E-state index is 0.210. The highest BCUT2D eigenvalue weighted by molar-refractivity contribution is 8.00. The molecule has 7 heteroatoms. The molecule has 4 N–H and O–H groups in total. The fourth-order valence-electron chi connectivity index (χ4n) is 0.718. The van der Waals surface area contributed by atoms with E-state index in [0.717, 1.165) is 0 Å². The second-order valence-corrected chi connectivity index (χ2v) is 4.29. The number of thioether (sulfide) groups is 1. The molecular weight excluding hydrogens is 220 g/mol. The average Bonchev–Trinajstić information content (AvgIpc) is 2.13. The van der Waals surface area contributed by atoms with Gasteiger partial charge in [0.05, 0.1) is 5.25 Å². The summed E-state index contributed by atoms with van der Waals surface area (Å²) in [6.45, 7) is 1.25. The molecule has 1 unspecified atom stereocenters. The summed E-state index contributed by atoms with van der Waals surface area (Å²) in [6.07, 6.45) is 0.210. The molecular formula is C8H14N2O4S. The lowest BCUT2D eigenvalue weighted by atomic mass is 10.4. The molecule has 0 fully saturated rings. The van der Waals surface area contributed by atoms with Crippen LogP contribution in [0.25, 0.3) is 0 Å². The van der Waals surface area contributed by atoms with Crippen LogP contribution in [0.2, 0.25) is 0 Å². The maximum atomic E-state index is 11.2. The standard InChI is InChI=1S/C8H14N2O4S/c1-5(15-3-2-6(9)11)8(14)10-4-7(12)13/h5H,2-4H2,1H3,(H2,9,11)(H,10,14)(H,12,13). The number of hydrogen-bond acceptors (Lipinski definition) is 4. The van der Waals surface area contributed by atoms with Crippen LogP contribution in [-0.4, -0.2) is 40.4 Å². The quantitative estimate of drug-likeness (QED) is 0.533. The predicted octanol–water partition coefficient (Wildman–Crippen LogP) is -0.816. The molecule has 0 aromatic carbocycles. The Bertz CT molecular complexity index is 257. The zero-order valence-electron chi connectivity index (χ0n) is 8.36. The molecule has 0 aliphatic carbocycles. The molecule has 0 saturated carbocycles. The van der Waals surface area contributed by atoms with Crippen molar-refractivity contribution in [1.29, 1.82) is 0 Å². The highest BCUT2D eigenvalue weighted by Gasteiger charge is 2.13. The molecule has 0 aliphatic rings. The summed E-state index contributed by atoms with van der Waals surface area (Å²) in [4.78, 5) is 31.8. The molecule has 0 aromatic rings. The fraction of sp³-hybridized carbons (Fsp3) is 0.625.